The number of esters is 1. The van der Waals surface area contributed by atoms with E-state index in [1.807, 2.05) is 24.3 Å². The van der Waals surface area contributed by atoms with Crippen molar-refractivity contribution in [1.29, 1.82) is 0 Å². The van der Waals surface area contributed by atoms with Gasteiger partial charge in [-0.1, -0.05) is 30.3 Å². The topological polar surface area (TPSA) is 117 Å². The third-order valence-corrected chi connectivity index (χ3v) is 4.83. The maximum Gasteiger partial charge on any atom is 0.338 e. The fourth-order valence-corrected chi connectivity index (χ4v) is 3.12. The van der Waals surface area contributed by atoms with Crippen LogP contribution in [-0.4, -0.2) is 37.6 Å². The predicted molar refractivity (Wildman–Crippen MR) is 119 cm³/mol. The van der Waals surface area contributed by atoms with Crippen LogP contribution in [0.3, 0.4) is 0 Å². The third kappa shape index (κ3) is 6.07. The summed E-state index contributed by atoms with van der Waals surface area (Å²) in [4.78, 5) is 35.1. The van der Waals surface area contributed by atoms with E-state index in [4.69, 9.17) is 14.2 Å². The van der Waals surface area contributed by atoms with Crippen LogP contribution < -0.4 is 14.8 Å². The molecule has 0 aliphatic heterocycles. The molecule has 1 amide bonds. The molecule has 0 bridgehead atoms. The minimum atomic E-state index is -0.834. The average molecular weight is 450 g/mol. The second-order valence-electron chi connectivity index (χ2n) is 6.93. The number of nitrogens with zero attached hydrogens (tertiary/aromatic N) is 1. The molecule has 3 rings (SSSR count). The van der Waals surface area contributed by atoms with Gasteiger partial charge in [-0.25, -0.2) is 4.79 Å². The Kier molecular flexibility index (Phi) is 7.59. The number of nitro benzene ring substituents is 1. The molecule has 0 atom stereocenters. The first-order chi connectivity index (χ1) is 15.9. The molecule has 1 N–H and O–H groups in total. The van der Waals surface area contributed by atoms with E-state index in [0.717, 1.165) is 17.2 Å². The van der Waals surface area contributed by atoms with Gasteiger partial charge in [0.25, 0.3) is 11.6 Å². The van der Waals surface area contributed by atoms with E-state index >= 15 is 0 Å². The number of nitro groups is 1. The number of carbonyl (C=O) groups is 2. The van der Waals surface area contributed by atoms with E-state index in [9.17, 15) is 19.7 Å². The van der Waals surface area contributed by atoms with Gasteiger partial charge >= 0.3 is 5.97 Å². The van der Waals surface area contributed by atoms with Crippen molar-refractivity contribution in [2.24, 2.45) is 0 Å². The van der Waals surface area contributed by atoms with Gasteiger partial charge in [-0.2, -0.15) is 0 Å². The highest BCUT2D eigenvalue weighted by atomic mass is 16.6. The molecule has 0 saturated carbocycles. The first-order valence-corrected chi connectivity index (χ1v) is 9.90. The maximum atomic E-state index is 12.6. The average Bonchev–Trinajstić information content (AvgIpc) is 2.86. The number of hydrogen-bond donors (Lipinski definition) is 1. The number of methoxy groups -OCH3 is 2. The van der Waals surface area contributed by atoms with Gasteiger partial charge < -0.3 is 19.5 Å². The standard InChI is InChI=1S/C24H22N2O7/c1-31-20-10-6-16(7-11-20)23(17-8-12-21(32-2)13-9-17)25-22(27)15-33-24(28)18-4-3-5-19(14-18)26(29)30/h3-14,23H,15H2,1-2H3,(H,25,27). The molecule has 0 radical (unpaired) electrons. The van der Waals surface area contributed by atoms with Crippen LogP contribution in [0.2, 0.25) is 0 Å². The van der Waals surface area contributed by atoms with Crippen molar-refractivity contribution < 1.29 is 28.7 Å². The summed E-state index contributed by atoms with van der Waals surface area (Å²) in [6.07, 6.45) is 0. The van der Waals surface area contributed by atoms with Crippen LogP contribution in [0.15, 0.2) is 72.8 Å². The van der Waals surface area contributed by atoms with Gasteiger partial charge in [0.1, 0.15) is 11.5 Å². The molecule has 0 unspecified atom stereocenters. The lowest BCUT2D eigenvalue weighted by atomic mass is 9.98. The summed E-state index contributed by atoms with van der Waals surface area (Å²) in [6.45, 7) is -0.551. The largest absolute Gasteiger partial charge is 0.497 e. The lowest BCUT2D eigenvalue weighted by Gasteiger charge is -2.20. The quantitative estimate of drug-likeness (QED) is 0.300. The van der Waals surface area contributed by atoms with Crippen LogP contribution in [0.5, 0.6) is 11.5 Å². The molecule has 0 fully saturated rings. The van der Waals surface area contributed by atoms with Crippen LogP contribution in [0.25, 0.3) is 0 Å². The fourth-order valence-electron chi connectivity index (χ4n) is 3.12. The number of hydrogen-bond acceptors (Lipinski definition) is 7. The van der Waals surface area contributed by atoms with Gasteiger partial charge in [0.2, 0.25) is 0 Å². The number of non-ortho nitro benzene ring substituents is 1. The zero-order valence-corrected chi connectivity index (χ0v) is 18.0. The van der Waals surface area contributed by atoms with Gasteiger partial charge in [-0.05, 0) is 41.5 Å². The normalized spacial score (nSPS) is 10.4. The van der Waals surface area contributed by atoms with Gasteiger partial charge in [0.05, 0.1) is 30.7 Å². The van der Waals surface area contributed by atoms with Crippen molar-refractivity contribution in [2.75, 3.05) is 20.8 Å². The van der Waals surface area contributed by atoms with Crippen molar-refractivity contribution in [2.45, 2.75) is 6.04 Å². The zero-order chi connectivity index (χ0) is 23.8. The van der Waals surface area contributed by atoms with E-state index in [2.05, 4.69) is 5.32 Å². The van der Waals surface area contributed by atoms with Crippen molar-refractivity contribution in [3.8, 4) is 11.5 Å². The molecule has 3 aromatic rings. The Bertz CT molecular complexity index is 1080. The van der Waals surface area contributed by atoms with Crippen molar-refractivity contribution in [1.82, 2.24) is 5.32 Å². The SMILES string of the molecule is COc1ccc(C(NC(=O)COC(=O)c2cccc([N+](=O)[O-])c2)c2ccc(OC)cc2)cc1. The molecule has 9 nitrogen and oxygen atoms in total. The molecule has 0 saturated heterocycles. The Morgan fingerprint density at radius 3 is 1.94 bits per heavy atom. The van der Waals surface area contributed by atoms with Gasteiger partial charge in [0.15, 0.2) is 6.61 Å². The van der Waals surface area contributed by atoms with Crippen LogP contribution in [0.1, 0.15) is 27.5 Å². The molecule has 33 heavy (non-hydrogen) atoms. The van der Waals surface area contributed by atoms with E-state index in [0.29, 0.717) is 11.5 Å². The number of amides is 1. The van der Waals surface area contributed by atoms with Crippen LogP contribution in [0.4, 0.5) is 5.69 Å². The van der Waals surface area contributed by atoms with Crippen molar-refractivity contribution >= 4 is 17.6 Å². The summed E-state index contributed by atoms with van der Waals surface area (Å²) in [7, 11) is 3.13. The summed E-state index contributed by atoms with van der Waals surface area (Å²) in [6, 6.07) is 19.0. The molecule has 0 aliphatic rings. The molecule has 170 valence electrons. The minimum absolute atomic E-state index is 0.0149. The van der Waals surface area contributed by atoms with Crippen LogP contribution >= 0.6 is 0 Å². The highest BCUT2D eigenvalue weighted by Crippen LogP contribution is 2.26. The van der Waals surface area contributed by atoms with Gasteiger partial charge in [-0.3, -0.25) is 14.9 Å². The Morgan fingerprint density at radius 2 is 1.45 bits per heavy atom. The lowest BCUT2D eigenvalue weighted by molar-refractivity contribution is -0.384. The molecule has 0 heterocycles. The Labute approximate surface area is 190 Å². The Morgan fingerprint density at radius 1 is 0.909 bits per heavy atom. The van der Waals surface area contributed by atoms with Crippen molar-refractivity contribution in [3.63, 3.8) is 0 Å². The third-order valence-electron chi connectivity index (χ3n) is 4.83. The van der Waals surface area contributed by atoms with E-state index in [1.165, 1.54) is 18.2 Å². The highest BCUT2D eigenvalue weighted by molar-refractivity contribution is 5.92. The van der Waals surface area contributed by atoms with E-state index < -0.39 is 29.4 Å². The summed E-state index contributed by atoms with van der Waals surface area (Å²) in [5.41, 5.74) is 1.32. The van der Waals surface area contributed by atoms with Gasteiger partial charge in [-0.15, -0.1) is 0 Å². The Balaban J connectivity index is 1.73. The minimum Gasteiger partial charge on any atom is -0.497 e. The molecule has 0 spiro atoms. The van der Waals surface area contributed by atoms with Crippen LogP contribution in [-0.2, 0) is 9.53 Å². The smallest absolute Gasteiger partial charge is 0.338 e. The van der Waals surface area contributed by atoms with Crippen LogP contribution in [0, 0.1) is 10.1 Å². The molecular formula is C24H22N2O7. The predicted octanol–water partition coefficient (Wildman–Crippen LogP) is 3.67. The maximum absolute atomic E-state index is 12.6. The number of ether oxygens (including phenoxy) is 3. The Hall–Kier alpha value is -4.40. The number of benzene rings is 3. The van der Waals surface area contributed by atoms with E-state index in [1.54, 1.807) is 38.5 Å². The lowest BCUT2D eigenvalue weighted by Crippen LogP contribution is -2.33. The molecule has 3 aromatic carbocycles. The van der Waals surface area contributed by atoms with E-state index in [-0.39, 0.29) is 11.3 Å². The molecule has 0 aromatic heterocycles. The number of nitrogens with one attached hydrogen (secondary N) is 1. The number of carbonyl (C=O) groups excluding carboxylic acids is 2. The fraction of sp³-hybridized carbons (Fsp3) is 0.167. The molecule has 9 heteroatoms. The van der Waals surface area contributed by atoms with Crippen molar-refractivity contribution in [3.05, 3.63) is 99.6 Å². The monoisotopic (exact) mass is 450 g/mol. The summed E-state index contributed by atoms with van der Waals surface area (Å²) < 4.78 is 15.4. The summed E-state index contributed by atoms with van der Waals surface area (Å²) >= 11 is 0. The summed E-state index contributed by atoms with van der Waals surface area (Å²) in [5.74, 6) is -0.0291. The summed E-state index contributed by atoms with van der Waals surface area (Å²) in [5, 5.41) is 13.7. The van der Waals surface area contributed by atoms with Gasteiger partial charge in [0, 0.05) is 12.1 Å². The number of rotatable bonds is 9. The first-order valence-electron chi connectivity index (χ1n) is 9.90. The highest BCUT2D eigenvalue weighted by Gasteiger charge is 2.19. The molecule has 0 aliphatic carbocycles. The second-order valence-corrected chi connectivity index (χ2v) is 6.93. The molecular weight excluding hydrogens is 428 g/mol. The first kappa shape index (κ1) is 23.3. The zero-order valence-electron chi connectivity index (χ0n) is 18.0. The second kappa shape index (κ2) is 10.8.